The zero-order chi connectivity index (χ0) is 21.0. The van der Waals surface area contributed by atoms with Crippen LogP contribution >= 0.6 is 0 Å². The van der Waals surface area contributed by atoms with Crippen LogP contribution in [-0.4, -0.2) is 19.5 Å². The van der Waals surface area contributed by atoms with Crippen LogP contribution in [0.4, 0.5) is 5.69 Å². The molecule has 0 unspecified atom stereocenters. The summed E-state index contributed by atoms with van der Waals surface area (Å²) in [6.07, 6.45) is 0. The van der Waals surface area contributed by atoms with E-state index >= 15 is 0 Å². The summed E-state index contributed by atoms with van der Waals surface area (Å²) < 4.78 is 34.5. The average molecular weight is 417 g/mol. The molecule has 0 aliphatic rings. The van der Waals surface area contributed by atoms with Gasteiger partial charge in [0.15, 0.2) is 0 Å². The molecule has 5 rings (SSSR count). The summed E-state index contributed by atoms with van der Waals surface area (Å²) in [5.74, 6) is 0.641. The smallest absolute Gasteiger partial charge is 0.268 e. The molecule has 0 amide bonds. The second kappa shape index (κ2) is 6.50. The molecule has 2 N–H and O–H groups in total. The highest BCUT2D eigenvalue weighted by molar-refractivity contribution is 7.90. The third kappa shape index (κ3) is 2.57. The molecule has 0 aliphatic heterocycles. The summed E-state index contributed by atoms with van der Waals surface area (Å²) >= 11 is 0. The van der Waals surface area contributed by atoms with Crippen LogP contribution in [0.1, 0.15) is 5.56 Å². The van der Waals surface area contributed by atoms with E-state index < -0.39 is 10.0 Å². The quantitative estimate of drug-likeness (QED) is 0.416. The summed E-state index contributed by atoms with van der Waals surface area (Å²) in [7, 11) is -2.29. The summed E-state index contributed by atoms with van der Waals surface area (Å²) in [4.78, 5) is 0.231. The van der Waals surface area contributed by atoms with Crippen LogP contribution in [0.2, 0.25) is 0 Å². The highest BCUT2D eigenvalue weighted by Gasteiger charge is 2.26. The molecule has 150 valence electrons. The van der Waals surface area contributed by atoms with Crippen molar-refractivity contribution in [2.75, 3.05) is 12.8 Å². The fraction of sp³-hybridized carbons (Fsp3) is 0.0833. The molecule has 1 heterocycles. The van der Waals surface area contributed by atoms with Crippen LogP contribution < -0.4 is 10.5 Å². The normalized spacial score (nSPS) is 12.1. The highest BCUT2D eigenvalue weighted by atomic mass is 32.2. The number of nitrogens with zero attached hydrogens (tertiary/aromatic N) is 1. The summed E-state index contributed by atoms with van der Waals surface area (Å²) in [5, 5.41) is 3.16. The van der Waals surface area contributed by atoms with E-state index in [1.54, 1.807) is 43.5 Å². The summed E-state index contributed by atoms with van der Waals surface area (Å²) in [5.41, 5.74) is 9.11. The third-order valence-electron chi connectivity index (χ3n) is 5.51. The van der Waals surface area contributed by atoms with E-state index in [0.717, 1.165) is 21.7 Å². The maximum Gasteiger partial charge on any atom is 0.268 e. The van der Waals surface area contributed by atoms with Crippen LogP contribution in [0.3, 0.4) is 0 Å². The highest BCUT2D eigenvalue weighted by Crippen LogP contribution is 2.41. The zero-order valence-corrected chi connectivity index (χ0v) is 17.4. The molecule has 6 heteroatoms. The molecule has 0 spiro atoms. The molecule has 30 heavy (non-hydrogen) atoms. The number of methoxy groups -OCH3 is 1. The number of nitrogen functional groups attached to an aromatic ring is 1. The Bertz CT molecular complexity index is 1550. The number of ether oxygens (including phenoxy) is 1. The molecule has 1 aromatic heterocycles. The molecule has 0 bridgehead atoms. The molecule has 5 aromatic rings. The van der Waals surface area contributed by atoms with Gasteiger partial charge in [-0.1, -0.05) is 42.0 Å². The summed E-state index contributed by atoms with van der Waals surface area (Å²) in [6, 6.07) is 21.8. The van der Waals surface area contributed by atoms with Gasteiger partial charge in [-0.15, -0.1) is 0 Å². The second-order valence-corrected chi connectivity index (χ2v) is 9.16. The van der Waals surface area contributed by atoms with Crippen molar-refractivity contribution in [3.8, 4) is 5.75 Å². The molecule has 0 saturated carbocycles. The minimum Gasteiger partial charge on any atom is -0.497 e. The second-order valence-electron chi connectivity index (χ2n) is 7.38. The number of aromatic nitrogens is 1. The number of nitrogens with two attached hydrogens (primary N) is 1. The molecule has 0 radical (unpaired) electrons. The first-order valence-electron chi connectivity index (χ1n) is 9.53. The van der Waals surface area contributed by atoms with Crippen molar-refractivity contribution in [3.05, 3.63) is 78.4 Å². The number of hydrogen-bond acceptors (Lipinski definition) is 4. The predicted octanol–water partition coefficient (Wildman–Crippen LogP) is 5.08. The largest absolute Gasteiger partial charge is 0.497 e. The van der Waals surface area contributed by atoms with Crippen LogP contribution in [0.15, 0.2) is 77.7 Å². The Morgan fingerprint density at radius 3 is 2.37 bits per heavy atom. The fourth-order valence-corrected chi connectivity index (χ4v) is 5.59. The minimum atomic E-state index is -3.87. The number of fused-ring (bicyclic) bond motifs is 5. The maximum absolute atomic E-state index is 13.8. The maximum atomic E-state index is 13.8. The molecule has 0 aliphatic carbocycles. The van der Waals surface area contributed by atoms with Gasteiger partial charge in [-0.25, -0.2) is 12.4 Å². The van der Waals surface area contributed by atoms with Gasteiger partial charge in [-0.2, -0.15) is 0 Å². The molecule has 0 atom stereocenters. The van der Waals surface area contributed by atoms with Gasteiger partial charge in [0.1, 0.15) is 5.75 Å². The van der Waals surface area contributed by atoms with Gasteiger partial charge in [0.25, 0.3) is 10.0 Å². The number of anilines is 1. The van der Waals surface area contributed by atoms with Gasteiger partial charge in [-0.05, 0) is 48.7 Å². The Morgan fingerprint density at radius 1 is 0.900 bits per heavy atom. The van der Waals surface area contributed by atoms with E-state index in [-0.39, 0.29) is 4.90 Å². The van der Waals surface area contributed by atoms with E-state index in [9.17, 15) is 8.42 Å². The van der Waals surface area contributed by atoms with Crippen molar-refractivity contribution in [3.63, 3.8) is 0 Å². The standard InChI is InChI=1S/C24H20N2O3S/c1-15-7-10-18(11-8-15)30(27,28)26-22-12-9-17(29-2)14-20(22)23-21(25)13-16-5-3-4-6-19(16)24(23)26/h3-14H,25H2,1-2H3. The van der Waals surface area contributed by atoms with Gasteiger partial charge >= 0.3 is 0 Å². The number of aryl methyl sites for hydroxylation is 1. The molecule has 0 fully saturated rings. The first kappa shape index (κ1) is 18.5. The van der Waals surface area contributed by atoms with Gasteiger partial charge in [0.2, 0.25) is 0 Å². The Balaban J connectivity index is 2.03. The lowest BCUT2D eigenvalue weighted by Crippen LogP contribution is -2.13. The monoisotopic (exact) mass is 416 g/mol. The van der Waals surface area contributed by atoms with Crippen molar-refractivity contribution >= 4 is 48.3 Å². The van der Waals surface area contributed by atoms with Crippen molar-refractivity contribution in [2.24, 2.45) is 0 Å². The third-order valence-corrected chi connectivity index (χ3v) is 7.23. The molecule has 0 saturated heterocycles. The molecule has 5 nitrogen and oxygen atoms in total. The molecular weight excluding hydrogens is 396 g/mol. The van der Waals surface area contributed by atoms with Gasteiger partial charge in [0.05, 0.1) is 23.0 Å². The first-order chi connectivity index (χ1) is 14.4. The van der Waals surface area contributed by atoms with E-state index in [0.29, 0.717) is 27.9 Å². The van der Waals surface area contributed by atoms with Gasteiger partial charge in [0, 0.05) is 21.8 Å². The van der Waals surface area contributed by atoms with E-state index in [4.69, 9.17) is 10.5 Å². The predicted molar refractivity (Wildman–Crippen MR) is 122 cm³/mol. The van der Waals surface area contributed by atoms with Gasteiger partial charge < -0.3 is 10.5 Å². The van der Waals surface area contributed by atoms with Crippen molar-refractivity contribution in [1.29, 1.82) is 0 Å². The number of rotatable bonds is 3. The number of benzene rings is 4. The minimum absolute atomic E-state index is 0.231. The topological polar surface area (TPSA) is 74.3 Å². The zero-order valence-electron chi connectivity index (χ0n) is 16.6. The van der Waals surface area contributed by atoms with Crippen LogP contribution in [0, 0.1) is 6.92 Å². The van der Waals surface area contributed by atoms with E-state index in [1.165, 1.54) is 3.97 Å². The van der Waals surface area contributed by atoms with Crippen molar-refractivity contribution < 1.29 is 13.2 Å². The lowest BCUT2D eigenvalue weighted by Gasteiger charge is -2.12. The van der Waals surface area contributed by atoms with Gasteiger partial charge in [-0.3, -0.25) is 0 Å². The van der Waals surface area contributed by atoms with Crippen LogP contribution in [0.25, 0.3) is 32.6 Å². The van der Waals surface area contributed by atoms with Crippen molar-refractivity contribution in [1.82, 2.24) is 3.97 Å². The van der Waals surface area contributed by atoms with Crippen LogP contribution in [0.5, 0.6) is 5.75 Å². The Morgan fingerprint density at radius 2 is 1.63 bits per heavy atom. The molecule has 4 aromatic carbocycles. The number of hydrogen-bond donors (Lipinski definition) is 1. The SMILES string of the molecule is COc1ccc2c(c1)c1c(N)cc3ccccc3c1n2S(=O)(=O)c1ccc(C)cc1. The van der Waals surface area contributed by atoms with Crippen molar-refractivity contribution in [2.45, 2.75) is 11.8 Å². The van der Waals surface area contributed by atoms with E-state index in [2.05, 4.69) is 0 Å². The average Bonchev–Trinajstić information content (AvgIpc) is 3.10. The fourth-order valence-electron chi connectivity index (χ4n) is 4.05. The summed E-state index contributed by atoms with van der Waals surface area (Å²) in [6.45, 7) is 1.93. The first-order valence-corrected chi connectivity index (χ1v) is 11.0. The lowest BCUT2D eigenvalue weighted by molar-refractivity contribution is 0.415. The molecular formula is C24H20N2O3S. The Hall–Kier alpha value is -3.51. The van der Waals surface area contributed by atoms with E-state index in [1.807, 2.05) is 43.3 Å². The van der Waals surface area contributed by atoms with Crippen LogP contribution in [-0.2, 0) is 10.0 Å². The Labute approximate surface area is 174 Å². The Kier molecular flexibility index (Phi) is 4.01. The lowest BCUT2D eigenvalue weighted by atomic mass is 10.0.